The molecule has 4 aliphatic heterocycles. The van der Waals surface area contributed by atoms with Gasteiger partial charge in [-0.15, -0.1) is 0 Å². The van der Waals surface area contributed by atoms with Crippen molar-refractivity contribution in [3.63, 3.8) is 0 Å². The zero-order valence-corrected chi connectivity index (χ0v) is 22.2. The third-order valence-corrected chi connectivity index (χ3v) is 9.53. The highest BCUT2D eigenvalue weighted by Gasteiger charge is 2.49. The molecule has 40 heavy (non-hydrogen) atoms. The van der Waals surface area contributed by atoms with Crippen molar-refractivity contribution in [1.82, 2.24) is 20.5 Å². The van der Waals surface area contributed by atoms with Crippen molar-refractivity contribution in [2.45, 2.75) is 68.3 Å². The summed E-state index contributed by atoms with van der Waals surface area (Å²) in [5.41, 5.74) is 2.09. The van der Waals surface area contributed by atoms with Crippen molar-refractivity contribution in [3.8, 4) is 17.3 Å². The molecule has 1 saturated carbocycles. The number of rotatable bonds is 6. The second-order valence-corrected chi connectivity index (χ2v) is 11.8. The summed E-state index contributed by atoms with van der Waals surface area (Å²) in [4.78, 5) is 32.3. The van der Waals surface area contributed by atoms with Crippen LogP contribution >= 0.6 is 0 Å². The van der Waals surface area contributed by atoms with Gasteiger partial charge in [-0.1, -0.05) is 12.1 Å². The van der Waals surface area contributed by atoms with Crippen molar-refractivity contribution in [3.05, 3.63) is 53.0 Å². The van der Waals surface area contributed by atoms with Crippen LogP contribution in [0.1, 0.15) is 53.6 Å². The Labute approximate surface area is 232 Å². The molecule has 1 aromatic heterocycles. The predicted molar refractivity (Wildman–Crippen MR) is 141 cm³/mol. The number of benzene rings is 1. The van der Waals surface area contributed by atoms with Crippen molar-refractivity contribution < 1.29 is 23.5 Å². The molecule has 10 heteroatoms. The molecule has 208 valence electrons. The Morgan fingerprint density at radius 1 is 1.27 bits per heavy atom. The van der Waals surface area contributed by atoms with E-state index in [2.05, 4.69) is 26.6 Å². The summed E-state index contributed by atoms with van der Waals surface area (Å²) >= 11 is 0. The molecule has 3 saturated heterocycles. The van der Waals surface area contributed by atoms with E-state index in [1.54, 1.807) is 12.1 Å². The van der Waals surface area contributed by atoms with Crippen molar-refractivity contribution in [2.75, 3.05) is 26.3 Å². The largest absolute Gasteiger partial charge is 0.450 e. The number of halogens is 1. The highest BCUT2D eigenvalue weighted by molar-refractivity contribution is 5.95. The first-order valence-electron chi connectivity index (χ1n) is 14.2. The van der Waals surface area contributed by atoms with Gasteiger partial charge in [0.2, 0.25) is 5.91 Å². The summed E-state index contributed by atoms with van der Waals surface area (Å²) in [6.45, 7) is 3.13. The molecule has 0 radical (unpaired) electrons. The number of hydrogen-bond acceptors (Lipinski definition) is 8. The van der Waals surface area contributed by atoms with Crippen LogP contribution in [-0.4, -0.2) is 72.2 Å². The number of ether oxygens (including phenoxy) is 2. The Morgan fingerprint density at radius 3 is 2.75 bits per heavy atom. The molecular formula is C30H32FN5O4. The monoisotopic (exact) mass is 545 g/mol. The minimum Gasteiger partial charge on any atom is -0.450 e. The van der Waals surface area contributed by atoms with Gasteiger partial charge in [0.05, 0.1) is 42.6 Å². The van der Waals surface area contributed by atoms with Crippen LogP contribution in [-0.2, 0) is 26.3 Å². The minimum atomic E-state index is -0.827. The van der Waals surface area contributed by atoms with E-state index in [1.807, 2.05) is 6.07 Å². The number of nitrogens with zero attached hydrogens (tertiary/aromatic N) is 3. The van der Waals surface area contributed by atoms with Gasteiger partial charge < -0.3 is 20.1 Å². The van der Waals surface area contributed by atoms with Gasteiger partial charge in [-0.25, -0.2) is 9.18 Å². The molecule has 1 aromatic carbocycles. The number of piperidine rings is 2. The molecule has 2 aromatic rings. The number of carbonyl (C=O) groups excluding carboxylic acids is 2. The molecule has 1 amide bonds. The van der Waals surface area contributed by atoms with Crippen molar-refractivity contribution >= 4 is 11.9 Å². The normalized spacial score (nSPS) is 27.6. The van der Waals surface area contributed by atoms with E-state index in [4.69, 9.17) is 9.47 Å². The molecular weight excluding hydrogens is 513 g/mol. The second kappa shape index (κ2) is 9.91. The smallest absolute Gasteiger partial charge is 0.341 e. The first kappa shape index (κ1) is 25.6. The highest BCUT2D eigenvalue weighted by atomic mass is 19.1. The Bertz CT molecular complexity index is 1400. The molecule has 1 unspecified atom stereocenters. The van der Waals surface area contributed by atoms with Crippen LogP contribution in [0.3, 0.4) is 0 Å². The number of nitrogens with one attached hydrogen (secondary N) is 2. The fourth-order valence-electron chi connectivity index (χ4n) is 7.13. The average molecular weight is 546 g/mol. The average Bonchev–Trinajstić information content (AvgIpc) is 3.64. The zero-order chi connectivity index (χ0) is 27.4. The molecule has 5 aliphatic rings. The molecule has 7 rings (SSSR count). The lowest BCUT2D eigenvalue weighted by Gasteiger charge is -2.44. The minimum absolute atomic E-state index is 0.0702. The maximum absolute atomic E-state index is 15.3. The quantitative estimate of drug-likeness (QED) is 0.532. The second-order valence-electron chi connectivity index (χ2n) is 11.8. The summed E-state index contributed by atoms with van der Waals surface area (Å²) in [6, 6.07) is 8.50. The third kappa shape index (κ3) is 4.37. The van der Waals surface area contributed by atoms with Gasteiger partial charge in [0, 0.05) is 55.7 Å². The summed E-state index contributed by atoms with van der Waals surface area (Å²) in [5.74, 6) is -0.702. The van der Waals surface area contributed by atoms with Gasteiger partial charge in [-0.05, 0) is 42.9 Å². The maximum Gasteiger partial charge on any atom is 0.341 e. The highest BCUT2D eigenvalue weighted by Crippen LogP contribution is 2.45. The van der Waals surface area contributed by atoms with Crippen LogP contribution in [0.2, 0.25) is 0 Å². The lowest BCUT2D eigenvalue weighted by molar-refractivity contribution is -0.124. The number of hydrogen-bond donors (Lipinski definition) is 2. The van der Waals surface area contributed by atoms with Crippen LogP contribution in [0.25, 0.3) is 11.3 Å². The van der Waals surface area contributed by atoms with Crippen LogP contribution in [0.15, 0.2) is 30.5 Å². The number of nitriles is 1. The van der Waals surface area contributed by atoms with Crippen LogP contribution in [0, 0.1) is 23.1 Å². The zero-order valence-electron chi connectivity index (χ0n) is 22.2. The van der Waals surface area contributed by atoms with Crippen molar-refractivity contribution in [2.24, 2.45) is 5.92 Å². The number of fused-ring (bicyclic) bond motifs is 4. The maximum atomic E-state index is 15.3. The van der Waals surface area contributed by atoms with E-state index in [0.717, 1.165) is 51.1 Å². The predicted octanol–water partition coefficient (Wildman–Crippen LogP) is 2.44. The summed E-state index contributed by atoms with van der Waals surface area (Å²) in [6.07, 6.45) is 6.10. The standard InChI is InChI=1S/C30H32FN5O4/c31-25-11-18(2-1-17(25)9-21(13-32)35-28(37)27-19-3-4-20(10-19)34-27)26-12-24-23(14-33-26)29(38)40-30(24)5-7-36(8-6-30)22-15-39-16-22/h1-2,11-12,14,19-22,27,34H,3-10,15-16H2,(H,35,37)/t19-,20+,21-,27?/m0/s1. The number of amides is 1. The molecule has 4 fully saturated rings. The van der Waals surface area contributed by atoms with Gasteiger partial charge in [0.15, 0.2) is 0 Å². The van der Waals surface area contributed by atoms with E-state index in [1.165, 1.54) is 12.3 Å². The Balaban J connectivity index is 1.06. The van der Waals surface area contributed by atoms with E-state index >= 15 is 4.39 Å². The van der Waals surface area contributed by atoms with Crippen LogP contribution in [0.4, 0.5) is 4.39 Å². The summed E-state index contributed by atoms with van der Waals surface area (Å²) < 4.78 is 26.5. The summed E-state index contributed by atoms with van der Waals surface area (Å²) in [7, 11) is 0. The van der Waals surface area contributed by atoms with Gasteiger partial charge in [0.1, 0.15) is 17.5 Å². The lowest BCUT2D eigenvalue weighted by Crippen LogP contribution is -2.54. The van der Waals surface area contributed by atoms with Crippen molar-refractivity contribution in [1.29, 1.82) is 5.26 Å². The van der Waals surface area contributed by atoms with E-state index in [0.29, 0.717) is 53.2 Å². The first-order chi connectivity index (χ1) is 19.4. The molecule has 4 atom stereocenters. The van der Waals surface area contributed by atoms with Crippen LogP contribution < -0.4 is 10.6 Å². The number of esters is 1. The molecule has 5 heterocycles. The van der Waals surface area contributed by atoms with E-state index in [-0.39, 0.29) is 24.3 Å². The number of pyridine rings is 1. The van der Waals surface area contributed by atoms with Gasteiger partial charge in [-0.2, -0.15) is 5.26 Å². The molecule has 1 aliphatic carbocycles. The molecule has 1 spiro atoms. The molecule has 9 nitrogen and oxygen atoms in total. The van der Waals surface area contributed by atoms with Crippen LogP contribution in [0.5, 0.6) is 0 Å². The fraction of sp³-hybridized carbons (Fsp3) is 0.533. The number of likely N-dealkylation sites (tertiary alicyclic amines) is 1. The Hall–Kier alpha value is -3.39. The van der Waals surface area contributed by atoms with E-state index < -0.39 is 17.5 Å². The molecule has 2 bridgehead atoms. The Kier molecular flexibility index (Phi) is 6.33. The molecule has 2 N–H and O–H groups in total. The number of aromatic nitrogens is 1. The summed E-state index contributed by atoms with van der Waals surface area (Å²) in [5, 5.41) is 15.8. The fourth-order valence-corrected chi connectivity index (χ4v) is 7.13. The van der Waals surface area contributed by atoms with E-state index in [9.17, 15) is 14.9 Å². The Morgan fingerprint density at radius 2 is 2.10 bits per heavy atom. The lowest BCUT2D eigenvalue weighted by atomic mass is 9.83. The van der Waals surface area contributed by atoms with Gasteiger partial charge in [0.25, 0.3) is 0 Å². The van der Waals surface area contributed by atoms with Gasteiger partial charge in [-0.3, -0.25) is 14.7 Å². The van der Waals surface area contributed by atoms with Gasteiger partial charge >= 0.3 is 5.97 Å². The topological polar surface area (TPSA) is 117 Å². The third-order valence-electron chi connectivity index (χ3n) is 9.53. The first-order valence-corrected chi connectivity index (χ1v) is 14.2. The number of carbonyl (C=O) groups is 2. The SMILES string of the molecule is N#C[C@H](Cc1ccc(-c2cc3c(cn2)C(=O)OC32CCN(C3COC3)CC2)cc1F)NC(=O)C1N[C@@H]2CC[C@H]1C2.